The lowest BCUT2D eigenvalue weighted by atomic mass is 10.0. The number of hydrogen-bond donors (Lipinski definition) is 0. The van der Waals surface area contributed by atoms with Crippen molar-refractivity contribution in [2.45, 2.75) is 32.6 Å². The van der Waals surface area contributed by atoms with Crippen molar-refractivity contribution < 1.29 is 0 Å². The van der Waals surface area contributed by atoms with Crippen molar-refractivity contribution in [3.63, 3.8) is 0 Å². The summed E-state index contributed by atoms with van der Waals surface area (Å²) in [6, 6.07) is 48.9. The van der Waals surface area contributed by atoms with Gasteiger partial charge in [-0.2, -0.15) is 0 Å². The zero-order valence-electron chi connectivity index (χ0n) is 31.0. The minimum atomic E-state index is 0.330. The Morgan fingerprint density at radius 2 is 0.736 bits per heavy atom. The van der Waals surface area contributed by atoms with Crippen LogP contribution in [0.1, 0.15) is 35.2 Å². The highest BCUT2D eigenvalue weighted by Gasteiger charge is 2.21. The predicted octanol–water partition coefficient (Wildman–Crippen LogP) is 8.69. The maximum atomic E-state index is 4.20. The van der Waals surface area contributed by atoms with E-state index in [0.29, 0.717) is 6.04 Å². The number of rotatable bonds is 10. The molecule has 53 heavy (non-hydrogen) atoms. The monoisotopic (exact) mass is 700 g/mol. The van der Waals surface area contributed by atoms with Gasteiger partial charge in [-0.15, -0.1) is 0 Å². The van der Waals surface area contributed by atoms with Gasteiger partial charge in [-0.25, -0.2) is 0 Å². The molecule has 0 bridgehead atoms. The number of aromatic nitrogens is 2. The van der Waals surface area contributed by atoms with Crippen LogP contribution in [-0.4, -0.2) is 81.9 Å². The first kappa shape index (κ1) is 36.4. The lowest BCUT2D eigenvalue weighted by Crippen LogP contribution is -2.46. The molecule has 6 aromatic rings. The highest BCUT2D eigenvalue weighted by molar-refractivity contribution is 5.63. The first-order valence-corrected chi connectivity index (χ1v) is 19.1. The van der Waals surface area contributed by atoms with Crippen molar-refractivity contribution in [1.82, 2.24) is 29.6 Å². The Bertz CT molecular complexity index is 1820. The molecule has 0 N–H and O–H groups in total. The molecule has 6 nitrogen and oxygen atoms in total. The van der Waals surface area contributed by atoms with E-state index in [1.165, 1.54) is 44.5 Å². The molecule has 3 heterocycles. The van der Waals surface area contributed by atoms with Crippen molar-refractivity contribution in [3.8, 4) is 22.3 Å². The van der Waals surface area contributed by atoms with E-state index >= 15 is 0 Å². The third-order valence-corrected chi connectivity index (χ3v) is 10.7. The van der Waals surface area contributed by atoms with E-state index in [4.69, 9.17) is 0 Å². The summed E-state index contributed by atoms with van der Waals surface area (Å²) in [7, 11) is 0. The fraction of sp³-hybridized carbons (Fsp3) is 0.277. The zero-order chi connectivity index (χ0) is 36.1. The van der Waals surface area contributed by atoms with Crippen molar-refractivity contribution in [1.29, 1.82) is 0 Å². The van der Waals surface area contributed by atoms with Gasteiger partial charge in [0.15, 0.2) is 0 Å². The Morgan fingerprint density at radius 1 is 0.396 bits per heavy atom. The fourth-order valence-electron chi connectivity index (χ4n) is 7.41. The summed E-state index contributed by atoms with van der Waals surface area (Å²) in [4.78, 5) is 19.1. The van der Waals surface area contributed by atoms with Gasteiger partial charge in [-0.05, 0) is 75.7 Å². The summed E-state index contributed by atoms with van der Waals surface area (Å²) in [5.41, 5.74) is 10.3. The van der Waals surface area contributed by atoms with Crippen LogP contribution in [0.15, 0.2) is 158 Å². The zero-order valence-corrected chi connectivity index (χ0v) is 31.0. The van der Waals surface area contributed by atoms with Crippen molar-refractivity contribution in [2.24, 2.45) is 0 Å². The molecule has 0 spiro atoms. The van der Waals surface area contributed by atoms with Gasteiger partial charge in [-0.1, -0.05) is 109 Å². The maximum Gasteiger partial charge on any atom is 0.0320 e. The van der Waals surface area contributed by atoms with Crippen LogP contribution in [0.25, 0.3) is 22.3 Å². The summed E-state index contributed by atoms with van der Waals surface area (Å²) >= 11 is 0. The van der Waals surface area contributed by atoms with Crippen molar-refractivity contribution in [2.75, 3.05) is 52.4 Å². The third-order valence-electron chi connectivity index (χ3n) is 10.7. The topological polar surface area (TPSA) is 38.7 Å². The van der Waals surface area contributed by atoms with E-state index in [9.17, 15) is 0 Å². The first-order chi connectivity index (χ1) is 26.2. The molecule has 1 atom stereocenters. The Kier molecular flexibility index (Phi) is 12.8. The minimum absolute atomic E-state index is 0.330. The van der Waals surface area contributed by atoms with Gasteiger partial charge < -0.3 is 0 Å². The van der Waals surface area contributed by atoms with Crippen LogP contribution in [0.2, 0.25) is 0 Å². The SMILES string of the molecule is C[C@H](c1ccccc1)N1CCN(Cc2ccc(-c3ccncc3)cc2)CCN(Cc2ccccc2)CCN(Cc2ccc(-c3ccncc3)cc2)CC1. The van der Waals surface area contributed by atoms with Gasteiger partial charge in [0.05, 0.1) is 0 Å². The summed E-state index contributed by atoms with van der Waals surface area (Å²) < 4.78 is 0. The molecule has 0 radical (unpaired) electrons. The van der Waals surface area contributed by atoms with E-state index in [-0.39, 0.29) is 0 Å². The Morgan fingerprint density at radius 3 is 1.15 bits per heavy atom. The number of pyridine rings is 2. The molecule has 0 amide bonds. The van der Waals surface area contributed by atoms with Crippen LogP contribution in [0.3, 0.4) is 0 Å². The fourth-order valence-corrected chi connectivity index (χ4v) is 7.41. The normalized spacial score (nSPS) is 16.4. The van der Waals surface area contributed by atoms with Gasteiger partial charge in [-0.3, -0.25) is 29.6 Å². The van der Waals surface area contributed by atoms with E-state index in [1.54, 1.807) is 0 Å². The summed E-state index contributed by atoms with van der Waals surface area (Å²) in [6.45, 7) is 13.3. The van der Waals surface area contributed by atoms with E-state index in [2.05, 4.69) is 170 Å². The molecule has 4 aromatic carbocycles. The molecule has 1 aliphatic rings. The predicted molar refractivity (Wildman–Crippen MR) is 218 cm³/mol. The van der Waals surface area contributed by atoms with Gasteiger partial charge in [0, 0.05) is 103 Å². The van der Waals surface area contributed by atoms with E-state index in [1.807, 2.05) is 24.8 Å². The molecule has 6 heteroatoms. The average Bonchev–Trinajstić information content (AvgIpc) is 3.22. The Labute approximate surface area is 316 Å². The van der Waals surface area contributed by atoms with Crippen LogP contribution in [0.4, 0.5) is 0 Å². The van der Waals surface area contributed by atoms with E-state index in [0.717, 1.165) is 72.0 Å². The quantitative estimate of drug-likeness (QED) is 0.142. The Balaban J connectivity index is 1.11. The molecule has 0 aliphatic carbocycles. The smallest absolute Gasteiger partial charge is 0.0320 e. The van der Waals surface area contributed by atoms with E-state index < -0.39 is 0 Å². The molecule has 270 valence electrons. The molecule has 2 aromatic heterocycles. The van der Waals surface area contributed by atoms with Crippen LogP contribution in [0.5, 0.6) is 0 Å². The highest BCUT2D eigenvalue weighted by atomic mass is 15.3. The van der Waals surface area contributed by atoms with Crippen molar-refractivity contribution >= 4 is 0 Å². The molecular weight excluding hydrogens is 649 g/mol. The largest absolute Gasteiger partial charge is 0.297 e. The summed E-state index contributed by atoms with van der Waals surface area (Å²) in [5, 5.41) is 0. The van der Waals surface area contributed by atoms with Gasteiger partial charge in [0.25, 0.3) is 0 Å². The molecule has 1 aliphatic heterocycles. The molecule has 0 saturated carbocycles. The lowest BCUT2D eigenvalue weighted by Gasteiger charge is -2.37. The third kappa shape index (κ3) is 10.6. The second-order valence-corrected chi connectivity index (χ2v) is 14.3. The van der Waals surface area contributed by atoms with Crippen LogP contribution >= 0.6 is 0 Å². The second-order valence-electron chi connectivity index (χ2n) is 14.3. The lowest BCUT2D eigenvalue weighted by molar-refractivity contribution is 0.108. The Hall–Kier alpha value is -4.98. The number of benzene rings is 4. The molecule has 0 unspecified atom stereocenters. The van der Waals surface area contributed by atoms with Crippen LogP contribution in [-0.2, 0) is 19.6 Å². The summed E-state index contributed by atoms with van der Waals surface area (Å²) in [5.74, 6) is 0. The average molecular weight is 701 g/mol. The second kappa shape index (κ2) is 18.7. The van der Waals surface area contributed by atoms with Gasteiger partial charge in [0.1, 0.15) is 0 Å². The van der Waals surface area contributed by atoms with Crippen LogP contribution in [0, 0.1) is 0 Å². The standard InChI is InChI=1S/C47H52N6/c1-39(43-10-6-3-7-11-43)53-34-32-51(37-41-12-16-44(17-13-41)46-20-24-48-25-21-46)30-28-50(36-40-8-4-2-5-9-40)29-31-52(33-35-53)38-42-14-18-45(19-15-42)47-22-26-49-27-23-47/h2-27,39H,28-38H2,1H3/t39-/m1/s1. The molecular formula is C47H52N6. The maximum absolute atomic E-state index is 4.20. The highest BCUT2D eigenvalue weighted by Crippen LogP contribution is 2.23. The molecule has 7 rings (SSSR count). The van der Waals surface area contributed by atoms with Gasteiger partial charge >= 0.3 is 0 Å². The number of nitrogens with zero attached hydrogens (tertiary/aromatic N) is 6. The number of hydrogen-bond acceptors (Lipinski definition) is 6. The molecule has 1 fully saturated rings. The van der Waals surface area contributed by atoms with Crippen molar-refractivity contribution in [3.05, 3.63) is 181 Å². The molecule has 1 saturated heterocycles. The minimum Gasteiger partial charge on any atom is -0.297 e. The summed E-state index contributed by atoms with van der Waals surface area (Å²) in [6.07, 6.45) is 7.46. The van der Waals surface area contributed by atoms with Gasteiger partial charge in [0.2, 0.25) is 0 Å². The van der Waals surface area contributed by atoms with Crippen LogP contribution < -0.4 is 0 Å². The first-order valence-electron chi connectivity index (χ1n) is 19.1.